The van der Waals surface area contributed by atoms with E-state index in [1.807, 2.05) is 23.6 Å². The maximum absolute atomic E-state index is 11.6. The number of nitrogens with zero attached hydrogens (tertiary/aromatic N) is 8. The standard InChI is InChI=1S/C19H20N8O3/c1-11-23-17-14(26(11)10-15-24-30-19(28)25(15)4)8-12(9-22-17)13-6-7-27(21-3)16(13)18(20-2)29-5/h6-9H,3,10H2,1-2,4-5H3/b20-18+. The molecule has 0 aliphatic rings. The largest absolute Gasteiger partial charge is 0.480 e. The summed E-state index contributed by atoms with van der Waals surface area (Å²) in [5.74, 6) is 1.13. The van der Waals surface area contributed by atoms with Gasteiger partial charge in [0, 0.05) is 44.3 Å². The maximum Gasteiger partial charge on any atom is 0.441 e. The third kappa shape index (κ3) is 3.00. The average Bonchev–Trinajstić information content (AvgIpc) is 3.40. The zero-order valence-corrected chi connectivity index (χ0v) is 17.0. The average molecular weight is 408 g/mol. The first kappa shape index (κ1) is 19.3. The van der Waals surface area contributed by atoms with Crippen molar-refractivity contribution in [1.29, 1.82) is 0 Å². The molecule has 0 N–H and O–H groups in total. The van der Waals surface area contributed by atoms with E-state index in [9.17, 15) is 4.79 Å². The first-order valence-corrected chi connectivity index (χ1v) is 9.02. The molecule has 0 aliphatic heterocycles. The highest BCUT2D eigenvalue weighted by atomic mass is 16.5. The minimum Gasteiger partial charge on any atom is -0.480 e. The van der Waals surface area contributed by atoms with Gasteiger partial charge in [-0.15, -0.1) is 0 Å². The van der Waals surface area contributed by atoms with E-state index >= 15 is 0 Å². The molecular formula is C19H20N8O3. The molecule has 154 valence electrons. The van der Waals surface area contributed by atoms with Crippen LogP contribution in [-0.2, 0) is 18.3 Å². The Morgan fingerprint density at radius 1 is 1.40 bits per heavy atom. The number of imidazole rings is 1. The van der Waals surface area contributed by atoms with Gasteiger partial charge in [-0.1, -0.05) is 5.16 Å². The number of aromatic nitrogens is 6. The lowest BCUT2D eigenvalue weighted by atomic mass is 10.1. The van der Waals surface area contributed by atoms with E-state index in [4.69, 9.17) is 9.26 Å². The van der Waals surface area contributed by atoms with Crippen LogP contribution in [0.4, 0.5) is 0 Å². The van der Waals surface area contributed by atoms with Crippen LogP contribution in [0.15, 0.2) is 43.9 Å². The molecular weight excluding hydrogens is 388 g/mol. The minimum atomic E-state index is -0.514. The van der Waals surface area contributed by atoms with Crippen molar-refractivity contribution in [2.45, 2.75) is 13.5 Å². The summed E-state index contributed by atoms with van der Waals surface area (Å²) in [5, 5.41) is 7.85. The van der Waals surface area contributed by atoms with Crippen molar-refractivity contribution in [3.05, 3.63) is 52.4 Å². The highest BCUT2D eigenvalue weighted by Crippen LogP contribution is 2.28. The van der Waals surface area contributed by atoms with Crippen LogP contribution in [0.1, 0.15) is 17.3 Å². The van der Waals surface area contributed by atoms with Gasteiger partial charge in [0.05, 0.1) is 19.2 Å². The molecule has 4 rings (SSSR count). The Hall–Kier alpha value is -4.02. The molecule has 0 spiro atoms. The monoisotopic (exact) mass is 408 g/mol. The Bertz CT molecular complexity index is 1340. The number of fused-ring (bicyclic) bond motifs is 1. The van der Waals surface area contributed by atoms with E-state index in [2.05, 4.69) is 31.9 Å². The third-order valence-corrected chi connectivity index (χ3v) is 4.92. The van der Waals surface area contributed by atoms with Crippen LogP contribution < -0.4 is 5.76 Å². The molecule has 0 saturated carbocycles. The lowest BCUT2D eigenvalue weighted by molar-refractivity contribution is 0.375. The summed E-state index contributed by atoms with van der Waals surface area (Å²) in [6, 6.07) is 3.86. The van der Waals surface area contributed by atoms with Crippen molar-refractivity contribution in [3.8, 4) is 11.1 Å². The van der Waals surface area contributed by atoms with Gasteiger partial charge in [0.25, 0.3) is 0 Å². The van der Waals surface area contributed by atoms with Crippen LogP contribution in [0.3, 0.4) is 0 Å². The van der Waals surface area contributed by atoms with Crippen molar-refractivity contribution in [2.75, 3.05) is 14.2 Å². The fourth-order valence-corrected chi connectivity index (χ4v) is 3.34. The number of aliphatic imine (C=N–C) groups is 1. The fourth-order valence-electron chi connectivity index (χ4n) is 3.34. The summed E-state index contributed by atoms with van der Waals surface area (Å²) in [7, 11) is 4.81. The van der Waals surface area contributed by atoms with Crippen molar-refractivity contribution in [2.24, 2.45) is 17.1 Å². The van der Waals surface area contributed by atoms with Gasteiger partial charge in [-0.25, -0.2) is 19.4 Å². The van der Waals surface area contributed by atoms with Crippen LogP contribution in [0, 0.1) is 6.92 Å². The molecule has 30 heavy (non-hydrogen) atoms. The number of hydrogen-bond donors (Lipinski definition) is 0. The maximum atomic E-state index is 11.6. The number of ether oxygens (including phenoxy) is 1. The van der Waals surface area contributed by atoms with E-state index in [0.717, 1.165) is 22.5 Å². The quantitative estimate of drug-likeness (QED) is 0.364. The third-order valence-electron chi connectivity index (χ3n) is 4.92. The summed E-state index contributed by atoms with van der Waals surface area (Å²) in [4.78, 5) is 24.8. The molecule has 0 radical (unpaired) electrons. The molecule has 0 aromatic carbocycles. The fraction of sp³-hybridized carbons (Fsp3) is 0.263. The van der Waals surface area contributed by atoms with E-state index in [1.54, 1.807) is 38.3 Å². The molecule has 4 aromatic heterocycles. The Morgan fingerprint density at radius 3 is 2.83 bits per heavy atom. The molecule has 0 aliphatic carbocycles. The molecule has 4 aromatic rings. The van der Waals surface area contributed by atoms with Crippen molar-refractivity contribution >= 4 is 23.8 Å². The first-order valence-electron chi connectivity index (χ1n) is 9.02. The number of methoxy groups -OCH3 is 1. The smallest absolute Gasteiger partial charge is 0.441 e. The van der Waals surface area contributed by atoms with Gasteiger partial charge in [-0.2, -0.15) is 5.10 Å². The van der Waals surface area contributed by atoms with Gasteiger partial charge in [0.15, 0.2) is 11.5 Å². The SMILES string of the molecule is C=Nn1ccc(-c2cnc3nc(C)n(Cc4noc(=O)n4C)c3c2)c1/C(=N\C)OC. The summed E-state index contributed by atoms with van der Waals surface area (Å²) < 4.78 is 15.0. The highest BCUT2D eigenvalue weighted by molar-refractivity contribution is 6.00. The van der Waals surface area contributed by atoms with Crippen LogP contribution >= 0.6 is 0 Å². The van der Waals surface area contributed by atoms with E-state index in [0.29, 0.717) is 29.6 Å². The number of pyridine rings is 1. The van der Waals surface area contributed by atoms with Crippen LogP contribution in [0.5, 0.6) is 0 Å². The minimum absolute atomic E-state index is 0.317. The summed E-state index contributed by atoms with van der Waals surface area (Å²) in [5.41, 5.74) is 3.70. The van der Waals surface area contributed by atoms with Gasteiger partial charge in [-0.3, -0.25) is 14.1 Å². The molecule has 0 saturated heterocycles. The van der Waals surface area contributed by atoms with Crippen molar-refractivity contribution in [3.63, 3.8) is 0 Å². The topological polar surface area (TPSA) is 118 Å². The zero-order valence-electron chi connectivity index (χ0n) is 17.0. The van der Waals surface area contributed by atoms with E-state index in [1.165, 1.54) is 4.57 Å². The van der Waals surface area contributed by atoms with Crippen LogP contribution in [0.2, 0.25) is 0 Å². The Balaban J connectivity index is 1.87. The Morgan fingerprint density at radius 2 is 2.20 bits per heavy atom. The second-order valence-corrected chi connectivity index (χ2v) is 6.53. The van der Waals surface area contributed by atoms with Gasteiger partial charge in [0.1, 0.15) is 11.5 Å². The first-order chi connectivity index (χ1) is 14.5. The molecule has 0 amide bonds. The lowest BCUT2D eigenvalue weighted by Gasteiger charge is -2.10. The molecule has 11 nitrogen and oxygen atoms in total. The molecule has 0 bridgehead atoms. The number of aryl methyl sites for hydroxylation is 1. The molecule has 0 fully saturated rings. The van der Waals surface area contributed by atoms with Crippen molar-refractivity contribution in [1.82, 2.24) is 28.9 Å². The molecule has 11 heteroatoms. The summed E-state index contributed by atoms with van der Waals surface area (Å²) in [6.45, 7) is 5.79. The lowest BCUT2D eigenvalue weighted by Crippen LogP contribution is -2.15. The summed E-state index contributed by atoms with van der Waals surface area (Å²) >= 11 is 0. The number of hydrogen-bond acceptors (Lipinski definition) is 8. The van der Waals surface area contributed by atoms with Crippen LogP contribution in [0.25, 0.3) is 22.3 Å². The summed E-state index contributed by atoms with van der Waals surface area (Å²) in [6.07, 6.45) is 3.51. The van der Waals surface area contributed by atoms with E-state index < -0.39 is 5.76 Å². The number of rotatable bonds is 5. The Labute approximate surface area is 170 Å². The second kappa shape index (κ2) is 7.43. The van der Waals surface area contributed by atoms with Gasteiger partial charge in [-0.05, 0) is 19.1 Å². The highest BCUT2D eigenvalue weighted by Gasteiger charge is 2.19. The van der Waals surface area contributed by atoms with E-state index in [-0.39, 0.29) is 0 Å². The molecule has 0 atom stereocenters. The van der Waals surface area contributed by atoms with Gasteiger partial charge < -0.3 is 9.30 Å². The molecule has 0 unspecified atom stereocenters. The van der Waals surface area contributed by atoms with Crippen LogP contribution in [-0.4, -0.2) is 55.7 Å². The van der Waals surface area contributed by atoms with Gasteiger partial charge >= 0.3 is 5.76 Å². The predicted molar refractivity (Wildman–Crippen MR) is 111 cm³/mol. The van der Waals surface area contributed by atoms with Gasteiger partial charge in [0.2, 0.25) is 5.90 Å². The normalized spacial score (nSPS) is 11.9. The zero-order chi connectivity index (χ0) is 21.4. The van der Waals surface area contributed by atoms with Crippen molar-refractivity contribution < 1.29 is 9.26 Å². The second-order valence-electron chi connectivity index (χ2n) is 6.53. The predicted octanol–water partition coefficient (Wildman–Crippen LogP) is 1.43. The molecule has 4 heterocycles. The Kier molecular flexibility index (Phi) is 4.78.